The number of rotatable bonds is 3. The van der Waals surface area contributed by atoms with Crippen LogP contribution in [0.4, 0.5) is 4.39 Å². The molecule has 6 heteroatoms. The molecule has 1 aromatic carbocycles. The van der Waals surface area contributed by atoms with Gasteiger partial charge in [0, 0.05) is 31.2 Å². The minimum absolute atomic E-state index is 0. The van der Waals surface area contributed by atoms with E-state index >= 15 is 0 Å². The summed E-state index contributed by atoms with van der Waals surface area (Å²) in [7, 11) is 0. The maximum atomic E-state index is 13.1. The third-order valence-electron chi connectivity index (χ3n) is 3.32. The maximum absolute atomic E-state index is 13.1. The van der Waals surface area contributed by atoms with E-state index in [1.54, 1.807) is 18.4 Å². The zero-order chi connectivity index (χ0) is 13.2. The molecule has 1 aliphatic heterocycles. The second kappa shape index (κ2) is 6.35. The Bertz CT molecular complexity index is 575. The highest BCUT2D eigenvalue weighted by molar-refractivity contribution is 5.85. The Labute approximate surface area is 123 Å². The number of hydrogen-bond acceptors (Lipinski definition) is 4. The summed E-state index contributed by atoms with van der Waals surface area (Å²) in [6.07, 6.45) is 2.65. The Kier molecular flexibility index (Phi) is 4.75. The minimum Gasteiger partial charge on any atom is -0.444 e. The van der Waals surface area contributed by atoms with Crippen LogP contribution >= 0.6 is 12.4 Å². The second-order valence-corrected chi connectivity index (χ2v) is 4.94. The number of oxazole rings is 1. The molecule has 4 nitrogen and oxygen atoms in total. The van der Waals surface area contributed by atoms with Crippen LogP contribution in [0.5, 0.6) is 0 Å². The molecule has 1 aliphatic rings. The van der Waals surface area contributed by atoms with Gasteiger partial charge in [0.25, 0.3) is 0 Å². The Morgan fingerprint density at radius 1 is 1.45 bits per heavy atom. The largest absolute Gasteiger partial charge is 0.444 e. The first kappa shape index (κ1) is 15.0. The molecular weight excluding hydrogens is 281 g/mol. The zero-order valence-corrected chi connectivity index (χ0v) is 11.8. The summed E-state index contributed by atoms with van der Waals surface area (Å²) in [5.41, 5.74) is 7.38. The molecule has 1 unspecified atom stereocenters. The first-order valence-electron chi connectivity index (χ1n) is 6.39. The molecule has 0 spiro atoms. The van der Waals surface area contributed by atoms with Crippen molar-refractivity contribution in [2.24, 2.45) is 5.73 Å². The Balaban J connectivity index is 0.00000147. The number of likely N-dealkylation sites (tertiary alicyclic amines) is 1. The predicted molar refractivity (Wildman–Crippen MR) is 77.0 cm³/mol. The van der Waals surface area contributed by atoms with Crippen molar-refractivity contribution < 1.29 is 8.81 Å². The molecule has 0 bridgehead atoms. The lowest BCUT2D eigenvalue weighted by Gasteiger charge is -2.12. The SMILES string of the molecule is Cl.NC1CCN(Cc2coc(-c3cccc(F)c3)n2)C1. The number of nitrogens with zero attached hydrogens (tertiary/aromatic N) is 2. The number of hydrogen-bond donors (Lipinski definition) is 1. The fourth-order valence-corrected chi connectivity index (χ4v) is 2.37. The van der Waals surface area contributed by atoms with E-state index in [2.05, 4.69) is 9.88 Å². The van der Waals surface area contributed by atoms with Gasteiger partial charge in [-0.1, -0.05) is 6.07 Å². The summed E-state index contributed by atoms with van der Waals surface area (Å²) in [4.78, 5) is 6.64. The average molecular weight is 298 g/mol. The monoisotopic (exact) mass is 297 g/mol. The van der Waals surface area contributed by atoms with Crippen molar-refractivity contribution in [3.05, 3.63) is 42.0 Å². The molecule has 2 aromatic rings. The summed E-state index contributed by atoms with van der Waals surface area (Å²) in [6, 6.07) is 6.51. The average Bonchev–Trinajstić information content (AvgIpc) is 2.99. The highest BCUT2D eigenvalue weighted by atomic mass is 35.5. The number of aromatic nitrogens is 1. The van der Waals surface area contributed by atoms with E-state index in [9.17, 15) is 4.39 Å². The molecule has 1 aromatic heterocycles. The van der Waals surface area contributed by atoms with Gasteiger partial charge in [-0.3, -0.25) is 4.90 Å². The fourth-order valence-electron chi connectivity index (χ4n) is 2.37. The quantitative estimate of drug-likeness (QED) is 0.945. The molecule has 1 saturated heterocycles. The molecule has 2 heterocycles. The first-order chi connectivity index (χ1) is 9.20. The lowest BCUT2D eigenvalue weighted by Crippen LogP contribution is -2.26. The standard InChI is InChI=1S/C14H16FN3O.ClH/c15-11-3-1-2-10(6-11)14-17-13(9-19-14)8-18-5-4-12(16)7-18;/h1-3,6,9,12H,4-5,7-8,16H2;1H. The molecule has 108 valence electrons. The summed E-state index contributed by atoms with van der Waals surface area (Å²) in [5.74, 6) is 0.167. The van der Waals surface area contributed by atoms with Crippen LogP contribution < -0.4 is 5.73 Å². The molecule has 20 heavy (non-hydrogen) atoms. The fraction of sp³-hybridized carbons (Fsp3) is 0.357. The Morgan fingerprint density at radius 3 is 3.00 bits per heavy atom. The van der Waals surface area contributed by atoms with Gasteiger partial charge in [-0.15, -0.1) is 12.4 Å². The molecule has 2 N–H and O–H groups in total. The highest BCUT2D eigenvalue weighted by Crippen LogP contribution is 2.20. The van der Waals surface area contributed by atoms with Gasteiger partial charge in [-0.05, 0) is 24.6 Å². The lowest BCUT2D eigenvalue weighted by molar-refractivity contribution is 0.322. The van der Waals surface area contributed by atoms with Crippen molar-refractivity contribution in [2.45, 2.75) is 19.0 Å². The second-order valence-electron chi connectivity index (χ2n) is 4.94. The van der Waals surface area contributed by atoms with Crippen LogP contribution in [0.1, 0.15) is 12.1 Å². The molecule has 1 atom stereocenters. The van der Waals surface area contributed by atoms with Crippen LogP contribution in [0.25, 0.3) is 11.5 Å². The topological polar surface area (TPSA) is 55.3 Å². The van der Waals surface area contributed by atoms with Crippen LogP contribution in [0, 0.1) is 5.82 Å². The number of halogens is 2. The van der Waals surface area contributed by atoms with E-state index in [4.69, 9.17) is 10.2 Å². The van der Waals surface area contributed by atoms with E-state index in [1.165, 1.54) is 12.1 Å². The van der Waals surface area contributed by atoms with Crippen LogP contribution in [0.3, 0.4) is 0 Å². The van der Waals surface area contributed by atoms with E-state index in [0.29, 0.717) is 11.5 Å². The Morgan fingerprint density at radius 2 is 2.30 bits per heavy atom. The van der Waals surface area contributed by atoms with Crippen LogP contribution in [-0.4, -0.2) is 29.0 Å². The van der Waals surface area contributed by atoms with Crippen molar-refractivity contribution in [1.82, 2.24) is 9.88 Å². The highest BCUT2D eigenvalue weighted by Gasteiger charge is 2.20. The third kappa shape index (κ3) is 3.36. The summed E-state index contributed by atoms with van der Waals surface area (Å²) in [6.45, 7) is 2.61. The van der Waals surface area contributed by atoms with Gasteiger partial charge in [0.2, 0.25) is 5.89 Å². The lowest BCUT2D eigenvalue weighted by atomic mass is 10.2. The Hall–Kier alpha value is -1.43. The van der Waals surface area contributed by atoms with Gasteiger partial charge in [0.05, 0.1) is 5.69 Å². The molecular formula is C14H17ClFN3O. The third-order valence-corrected chi connectivity index (χ3v) is 3.32. The van der Waals surface area contributed by atoms with E-state index in [0.717, 1.165) is 31.7 Å². The van der Waals surface area contributed by atoms with Crippen LogP contribution in [0.15, 0.2) is 34.9 Å². The molecule has 3 rings (SSSR count). The zero-order valence-electron chi connectivity index (χ0n) is 11.0. The van der Waals surface area contributed by atoms with Gasteiger partial charge in [0.15, 0.2) is 0 Å². The predicted octanol–water partition coefficient (Wildman–Crippen LogP) is 2.44. The van der Waals surface area contributed by atoms with Gasteiger partial charge >= 0.3 is 0 Å². The van der Waals surface area contributed by atoms with Gasteiger partial charge in [-0.25, -0.2) is 9.37 Å². The van der Waals surface area contributed by atoms with E-state index in [-0.39, 0.29) is 24.3 Å². The van der Waals surface area contributed by atoms with Crippen molar-refractivity contribution in [3.8, 4) is 11.5 Å². The van der Waals surface area contributed by atoms with Crippen LogP contribution in [0.2, 0.25) is 0 Å². The first-order valence-corrected chi connectivity index (χ1v) is 6.39. The number of nitrogens with two attached hydrogens (primary N) is 1. The molecule has 0 saturated carbocycles. The van der Waals surface area contributed by atoms with Crippen molar-refractivity contribution in [2.75, 3.05) is 13.1 Å². The summed E-state index contributed by atoms with van der Waals surface area (Å²) < 4.78 is 18.5. The van der Waals surface area contributed by atoms with Crippen molar-refractivity contribution >= 4 is 12.4 Å². The molecule has 0 aliphatic carbocycles. The number of benzene rings is 1. The minimum atomic E-state index is -0.289. The van der Waals surface area contributed by atoms with E-state index < -0.39 is 0 Å². The van der Waals surface area contributed by atoms with Gasteiger partial charge in [-0.2, -0.15) is 0 Å². The molecule has 0 amide bonds. The normalized spacial score (nSPS) is 19.0. The summed E-state index contributed by atoms with van der Waals surface area (Å²) in [5, 5.41) is 0. The van der Waals surface area contributed by atoms with Crippen molar-refractivity contribution in [3.63, 3.8) is 0 Å². The summed E-state index contributed by atoms with van der Waals surface area (Å²) >= 11 is 0. The van der Waals surface area contributed by atoms with E-state index in [1.807, 2.05) is 0 Å². The van der Waals surface area contributed by atoms with Crippen molar-refractivity contribution in [1.29, 1.82) is 0 Å². The van der Waals surface area contributed by atoms with Crippen LogP contribution in [-0.2, 0) is 6.54 Å². The van der Waals surface area contributed by atoms with Gasteiger partial charge < -0.3 is 10.2 Å². The van der Waals surface area contributed by atoms with Gasteiger partial charge in [0.1, 0.15) is 12.1 Å². The smallest absolute Gasteiger partial charge is 0.226 e. The molecule has 0 radical (unpaired) electrons. The molecule has 1 fully saturated rings. The maximum Gasteiger partial charge on any atom is 0.226 e.